The second-order valence-electron chi connectivity index (χ2n) is 8.41. The molecule has 1 N–H and O–H groups in total. The molecule has 3 aliphatic rings. The maximum atomic E-state index is 12.9. The third-order valence-electron chi connectivity index (χ3n) is 6.96. The van der Waals surface area contributed by atoms with Crippen LogP contribution >= 0.6 is 0 Å². The van der Waals surface area contributed by atoms with Gasteiger partial charge in [0.25, 0.3) is 5.91 Å². The van der Waals surface area contributed by atoms with E-state index in [1.54, 1.807) is 24.3 Å². The highest BCUT2D eigenvalue weighted by Gasteiger charge is 2.61. The van der Waals surface area contributed by atoms with E-state index in [1.165, 1.54) is 4.90 Å². The van der Waals surface area contributed by atoms with E-state index in [1.807, 2.05) is 31.2 Å². The summed E-state index contributed by atoms with van der Waals surface area (Å²) in [6.07, 6.45) is 3.99. The lowest BCUT2D eigenvalue weighted by Gasteiger charge is -2.19. The number of imide groups is 1. The standard InChI is InChI=1S/C24H24N2O3/c1-2-14-5-3-4-6-19(14)25-22(27)15-9-11-18(12-10-15)26-23(28)20-16-7-8-17(13-16)21(20)24(26)29/h3-6,9-12,16-17,20-21H,2,7-8,13H2,1H3,(H,25,27)/t16-,17-,20-,21-/m0/s1. The monoisotopic (exact) mass is 388 g/mol. The molecule has 0 aromatic heterocycles. The molecule has 148 valence electrons. The molecule has 0 spiro atoms. The predicted molar refractivity (Wildman–Crippen MR) is 111 cm³/mol. The number of nitrogens with one attached hydrogen (secondary N) is 1. The van der Waals surface area contributed by atoms with Crippen molar-refractivity contribution in [3.05, 3.63) is 59.7 Å². The van der Waals surface area contributed by atoms with Crippen molar-refractivity contribution >= 4 is 29.1 Å². The number of hydrogen-bond donors (Lipinski definition) is 1. The Morgan fingerprint density at radius 2 is 1.59 bits per heavy atom. The Labute approximate surface area is 170 Å². The lowest BCUT2D eigenvalue weighted by atomic mass is 9.81. The summed E-state index contributed by atoms with van der Waals surface area (Å²) in [4.78, 5) is 39.9. The molecule has 2 bridgehead atoms. The van der Waals surface area contributed by atoms with E-state index in [9.17, 15) is 14.4 Å². The van der Waals surface area contributed by atoms with Crippen molar-refractivity contribution in [2.45, 2.75) is 32.6 Å². The third-order valence-corrected chi connectivity index (χ3v) is 6.96. The topological polar surface area (TPSA) is 66.5 Å². The fourth-order valence-electron chi connectivity index (χ4n) is 5.57. The van der Waals surface area contributed by atoms with E-state index in [0.29, 0.717) is 23.1 Å². The second kappa shape index (κ2) is 6.83. The summed E-state index contributed by atoms with van der Waals surface area (Å²) in [5, 5.41) is 2.95. The molecule has 4 atom stereocenters. The maximum absolute atomic E-state index is 12.9. The molecule has 5 heteroatoms. The Balaban J connectivity index is 1.35. The zero-order valence-electron chi connectivity index (χ0n) is 16.4. The van der Waals surface area contributed by atoms with Gasteiger partial charge in [0.1, 0.15) is 0 Å². The van der Waals surface area contributed by atoms with Crippen molar-refractivity contribution in [3.8, 4) is 0 Å². The molecule has 5 rings (SSSR count). The molecule has 2 aliphatic carbocycles. The number of aryl methyl sites for hydroxylation is 1. The van der Waals surface area contributed by atoms with E-state index in [-0.39, 0.29) is 29.6 Å². The van der Waals surface area contributed by atoms with Crippen molar-refractivity contribution in [1.82, 2.24) is 0 Å². The number of benzene rings is 2. The maximum Gasteiger partial charge on any atom is 0.255 e. The van der Waals surface area contributed by atoms with Crippen LogP contribution in [0.1, 0.15) is 42.1 Å². The third kappa shape index (κ3) is 2.79. The number of anilines is 2. The lowest BCUT2D eigenvalue weighted by Crippen LogP contribution is -2.32. The summed E-state index contributed by atoms with van der Waals surface area (Å²) in [5.74, 6) is 0.170. The van der Waals surface area contributed by atoms with E-state index in [0.717, 1.165) is 36.9 Å². The quantitative estimate of drug-likeness (QED) is 0.804. The Bertz CT molecular complexity index is 969. The molecule has 5 nitrogen and oxygen atoms in total. The highest BCUT2D eigenvalue weighted by atomic mass is 16.2. The Morgan fingerprint density at radius 3 is 2.21 bits per heavy atom. The summed E-state index contributed by atoms with van der Waals surface area (Å²) >= 11 is 0. The van der Waals surface area contributed by atoms with Crippen LogP contribution in [0.3, 0.4) is 0 Å². The van der Waals surface area contributed by atoms with Gasteiger partial charge in [-0.25, -0.2) is 0 Å². The van der Waals surface area contributed by atoms with Crippen LogP contribution in [-0.4, -0.2) is 17.7 Å². The molecule has 3 fully saturated rings. The van der Waals surface area contributed by atoms with Crippen molar-refractivity contribution in [1.29, 1.82) is 0 Å². The summed E-state index contributed by atoms with van der Waals surface area (Å²) in [6.45, 7) is 2.05. The van der Waals surface area contributed by atoms with Gasteiger partial charge in [-0.15, -0.1) is 0 Å². The first kappa shape index (κ1) is 18.1. The van der Waals surface area contributed by atoms with Crippen LogP contribution in [0.5, 0.6) is 0 Å². The fourth-order valence-corrected chi connectivity index (χ4v) is 5.57. The number of nitrogens with zero attached hydrogens (tertiary/aromatic N) is 1. The van der Waals surface area contributed by atoms with Crippen LogP contribution in [-0.2, 0) is 16.0 Å². The first-order chi connectivity index (χ1) is 14.1. The van der Waals surface area contributed by atoms with Gasteiger partial charge in [-0.05, 0) is 73.4 Å². The van der Waals surface area contributed by atoms with Gasteiger partial charge in [0, 0.05) is 11.3 Å². The zero-order chi connectivity index (χ0) is 20.1. The average Bonchev–Trinajstić information content (AvgIpc) is 3.42. The van der Waals surface area contributed by atoms with Gasteiger partial charge in [-0.1, -0.05) is 25.1 Å². The highest BCUT2D eigenvalue weighted by molar-refractivity contribution is 6.22. The minimum absolute atomic E-state index is 0.0544. The van der Waals surface area contributed by atoms with Gasteiger partial charge in [0.2, 0.25) is 11.8 Å². The number of fused-ring (bicyclic) bond motifs is 5. The van der Waals surface area contributed by atoms with Crippen LogP contribution < -0.4 is 10.2 Å². The number of carbonyl (C=O) groups is 3. The van der Waals surface area contributed by atoms with Crippen molar-refractivity contribution < 1.29 is 14.4 Å². The second-order valence-corrected chi connectivity index (χ2v) is 8.41. The molecule has 1 heterocycles. The summed E-state index contributed by atoms with van der Waals surface area (Å²) < 4.78 is 0. The van der Waals surface area contributed by atoms with Gasteiger partial charge in [-0.3, -0.25) is 19.3 Å². The minimum Gasteiger partial charge on any atom is -0.322 e. The molecular weight excluding hydrogens is 364 g/mol. The Morgan fingerprint density at radius 1 is 0.966 bits per heavy atom. The van der Waals surface area contributed by atoms with Gasteiger partial charge in [0.05, 0.1) is 17.5 Å². The van der Waals surface area contributed by atoms with E-state index in [2.05, 4.69) is 5.32 Å². The molecule has 2 aromatic rings. The van der Waals surface area contributed by atoms with E-state index >= 15 is 0 Å². The van der Waals surface area contributed by atoms with Crippen LogP contribution in [0.25, 0.3) is 0 Å². The molecule has 2 saturated carbocycles. The van der Waals surface area contributed by atoms with Gasteiger partial charge in [-0.2, -0.15) is 0 Å². The summed E-state index contributed by atoms with van der Waals surface area (Å²) in [7, 11) is 0. The first-order valence-electron chi connectivity index (χ1n) is 10.5. The zero-order valence-corrected chi connectivity index (χ0v) is 16.4. The van der Waals surface area contributed by atoms with E-state index in [4.69, 9.17) is 0 Å². The van der Waals surface area contributed by atoms with Crippen LogP contribution in [0, 0.1) is 23.7 Å². The number of amides is 3. The Hall–Kier alpha value is -2.95. The van der Waals surface area contributed by atoms with E-state index < -0.39 is 0 Å². The highest BCUT2D eigenvalue weighted by Crippen LogP contribution is 2.56. The lowest BCUT2D eigenvalue weighted by molar-refractivity contribution is -0.123. The van der Waals surface area contributed by atoms with Gasteiger partial charge >= 0.3 is 0 Å². The van der Waals surface area contributed by atoms with Gasteiger partial charge < -0.3 is 5.32 Å². The number of hydrogen-bond acceptors (Lipinski definition) is 3. The minimum atomic E-state index is -0.202. The van der Waals surface area contributed by atoms with Crippen molar-refractivity contribution in [2.75, 3.05) is 10.2 Å². The number of rotatable bonds is 4. The van der Waals surface area contributed by atoms with Crippen molar-refractivity contribution in [3.63, 3.8) is 0 Å². The number of para-hydroxylation sites is 1. The predicted octanol–water partition coefficient (Wildman–Crippen LogP) is 4.04. The van der Waals surface area contributed by atoms with Crippen LogP contribution in [0.2, 0.25) is 0 Å². The largest absolute Gasteiger partial charge is 0.322 e. The molecule has 0 unspecified atom stereocenters. The van der Waals surface area contributed by atoms with Gasteiger partial charge in [0.15, 0.2) is 0 Å². The molecule has 0 radical (unpaired) electrons. The number of carbonyl (C=O) groups excluding carboxylic acids is 3. The van der Waals surface area contributed by atoms with Crippen LogP contribution in [0.15, 0.2) is 48.5 Å². The smallest absolute Gasteiger partial charge is 0.255 e. The average molecular weight is 388 g/mol. The summed E-state index contributed by atoms with van der Waals surface area (Å²) in [5.41, 5.74) is 2.95. The summed E-state index contributed by atoms with van der Waals surface area (Å²) in [6, 6.07) is 14.5. The molecule has 29 heavy (non-hydrogen) atoms. The fraction of sp³-hybridized carbons (Fsp3) is 0.375. The normalized spacial score (nSPS) is 27.4. The SMILES string of the molecule is CCc1ccccc1NC(=O)c1ccc(N2C(=O)[C@H]3[C@H]4CC[C@@H](C4)[C@@H]3C2=O)cc1. The molecule has 1 aliphatic heterocycles. The molecular formula is C24H24N2O3. The molecule has 2 aromatic carbocycles. The first-order valence-corrected chi connectivity index (χ1v) is 10.5. The Kier molecular flexibility index (Phi) is 4.26. The molecule has 1 saturated heterocycles. The van der Waals surface area contributed by atoms with Crippen LogP contribution in [0.4, 0.5) is 11.4 Å². The molecule has 3 amide bonds. The van der Waals surface area contributed by atoms with Crippen molar-refractivity contribution in [2.24, 2.45) is 23.7 Å².